The number of amides is 10. The Hall–Kier alpha value is -16.2. The summed E-state index contributed by atoms with van der Waals surface area (Å²) in [6, 6.07) is 60.1. The van der Waals surface area contributed by atoms with Crippen LogP contribution in [0.1, 0.15) is 84.5 Å². The average Bonchev–Trinajstić information content (AvgIpc) is 1.70. The molecule has 0 aliphatic carbocycles. The summed E-state index contributed by atoms with van der Waals surface area (Å²) in [5.41, 5.74) is 24.2. The number of urea groups is 5. The van der Waals surface area contributed by atoms with E-state index < -0.39 is 0 Å². The minimum absolute atomic E-state index is 0.0676. The molecule has 0 spiro atoms. The number of fused-ring (bicyclic) bond motifs is 5. The van der Waals surface area contributed by atoms with Gasteiger partial charge in [-0.05, 0) is 35.4 Å². The van der Waals surface area contributed by atoms with Crippen molar-refractivity contribution in [2.45, 2.75) is 97.6 Å². The molecule has 0 saturated carbocycles. The summed E-state index contributed by atoms with van der Waals surface area (Å²) in [7, 11) is 1.70. The number of hydrogen-bond donors (Lipinski definition) is 10. The number of pyridine rings is 1. The Bertz CT molecular complexity index is 5640. The van der Waals surface area contributed by atoms with Crippen LogP contribution in [0.25, 0.3) is 56.3 Å². The van der Waals surface area contributed by atoms with Crippen molar-refractivity contribution in [2.75, 3.05) is 32.7 Å². The number of nitrogens with zero attached hydrogens (tertiary/aromatic N) is 19. The molecule has 5 aliphatic heterocycles. The van der Waals surface area contributed by atoms with Crippen LogP contribution < -0.4 is 32.1 Å². The van der Waals surface area contributed by atoms with Crippen molar-refractivity contribution in [3.63, 3.8) is 0 Å². The van der Waals surface area contributed by atoms with Gasteiger partial charge in [0.1, 0.15) is 12.2 Å². The number of rotatable bonds is 15. The van der Waals surface area contributed by atoms with Gasteiger partial charge in [0.25, 0.3) is 0 Å². The van der Waals surface area contributed by atoms with E-state index in [-0.39, 0.29) is 35.7 Å². The molecule has 0 atom stereocenters. The van der Waals surface area contributed by atoms with Gasteiger partial charge in [-0.3, -0.25) is 30.3 Å². The summed E-state index contributed by atoms with van der Waals surface area (Å²) in [4.78, 5) is 99.2. The van der Waals surface area contributed by atoms with Crippen molar-refractivity contribution in [3.05, 3.63) is 339 Å². The standard InChI is InChI=1S/C20H21N5O2.4C18H18N6O/c1-24-12-14(7-8-18(24)26)11-21-20(27)25-10-9-17-16(13-25)19(23-22-17)15-5-3-2-4-6-15;25-18(21-11-16-19-8-4-9-20-16)24-10-7-15-14(12-24)17(23-22-15)13-5-2-1-3-6-13;25-18(19-11-14-7-4-9-20-21-14)24-10-8-16-15(12-24)17(23-22-16)13-5-2-1-3-6-13;25-18(19-10-13-6-8-20-21-11-13)24-9-7-16-15(12-24)17(23-22-16)14-4-2-1-3-5-14;25-18(21-10-13-8-19-12-20-9-13)24-7-6-16-15(11-24)17(23-22-16)14-4-2-1-3-5-14/h2-8,12H,9-11,13H2,1H3,(H,21,27)(H,22,23);1-6,8-9H,7,10-12H2,(H,21,25)(H,22,23);1-7,9H,8,10-12H2,(H,19,25)(H,22,23);1-6,8,11H,7,9-10,12H2,(H,19,25)(H,22,23);1-5,8-9,12H,6-7,10-11H2,(H,21,25)(H,22,23). The lowest BCUT2D eigenvalue weighted by atomic mass is 10.0. The van der Waals surface area contributed by atoms with Gasteiger partial charge in [0.15, 0.2) is 0 Å². The molecule has 15 heterocycles. The minimum Gasteiger partial charge on any atom is -0.334 e. The Morgan fingerprint density at radius 2 is 0.677 bits per heavy atom. The molecule has 20 rings (SSSR count). The first-order valence-electron chi connectivity index (χ1n) is 41.7. The van der Waals surface area contributed by atoms with Crippen molar-refractivity contribution in [1.29, 1.82) is 0 Å². The van der Waals surface area contributed by atoms with E-state index in [1.165, 1.54) is 17.0 Å². The summed E-state index contributed by atoms with van der Waals surface area (Å²) in [5.74, 6) is 0.599. The predicted octanol–water partition coefficient (Wildman–Crippen LogP) is 10.6. The van der Waals surface area contributed by atoms with Crippen molar-refractivity contribution < 1.29 is 24.0 Å². The largest absolute Gasteiger partial charge is 0.334 e. The third-order valence-corrected chi connectivity index (χ3v) is 22.1. The van der Waals surface area contributed by atoms with Gasteiger partial charge in [0.2, 0.25) is 5.56 Å². The Morgan fingerprint density at radius 3 is 1.02 bits per heavy atom. The highest BCUT2D eigenvalue weighted by Crippen LogP contribution is 2.34. The monoisotopic (exact) mass is 1700 g/mol. The Kier molecular flexibility index (Phi) is 27.3. The van der Waals surface area contributed by atoms with Gasteiger partial charge < -0.3 is 55.7 Å². The van der Waals surface area contributed by atoms with E-state index in [2.05, 4.69) is 118 Å². The molecule has 642 valence electrons. The molecule has 0 bridgehead atoms. The van der Waals surface area contributed by atoms with Crippen LogP contribution in [0.15, 0.2) is 249 Å². The third-order valence-electron chi connectivity index (χ3n) is 22.1. The number of hydrogen-bond acceptors (Lipinski definition) is 19. The van der Waals surface area contributed by atoms with E-state index in [0.717, 1.165) is 167 Å². The second kappa shape index (κ2) is 41.1. The highest BCUT2D eigenvalue weighted by molar-refractivity contribution is 5.79. The van der Waals surface area contributed by atoms with E-state index in [1.807, 2.05) is 174 Å². The smallest absolute Gasteiger partial charge is 0.318 e. The molecule has 10 aromatic heterocycles. The summed E-state index contributed by atoms with van der Waals surface area (Å²) < 4.78 is 1.51. The molecule has 127 heavy (non-hydrogen) atoms. The van der Waals surface area contributed by atoms with E-state index >= 15 is 0 Å². The van der Waals surface area contributed by atoms with Crippen LogP contribution in [0.5, 0.6) is 0 Å². The van der Waals surface area contributed by atoms with Gasteiger partial charge in [-0.25, -0.2) is 43.9 Å². The highest BCUT2D eigenvalue weighted by atomic mass is 16.2. The van der Waals surface area contributed by atoms with Crippen LogP contribution in [0.3, 0.4) is 0 Å². The Morgan fingerprint density at radius 1 is 0.331 bits per heavy atom. The number of carbonyl (C=O) groups excluding carboxylic acids is 5. The SMILES string of the molecule is Cn1cc(CNC(=O)N2CCc3[nH]nc(-c4ccccc4)c3C2)ccc1=O.O=C(NCc1cccnn1)N1CCc2[nH]nc(-c3ccccc3)c2C1.O=C(NCc1ccnnc1)N1CCc2[nH]nc(-c3ccccc3)c2C1.O=C(NCc1cncnc1)N1CCc2[nH]nc(-c3ccccc3)c2C1.O=C(NCc1ncccn1)N1CCc2[nH]nc(-c3ccccc3)c2C1. The molecule has 10 N–H and O–H groups in total. The number of carbonyl (C=O) groups is 5. The van der Waals surface area contributed by atoms with Crippen molar-refractivity contribution >= 4 is 30.2 Å². The number of aromatic nitrogens is 19. The Labute approximate surface area is 729 Å². The highest BCUT2D eigenvalue weighted by Gasteiger charge is 2.32. The van der Waals surface area contributed by atoms with Crippen LogP contribution >= 0.6 is 0 Å². The first kappa shape index (κ1) is 84.4. The van der Waals surface area contributed by atoms with Gasteiger partial charge in [-0.1, -0.05) is 158 Å². The molecule has 0 saturated heterocycles. The first-order chi connectivity index (χ1) is 62.4. The van der Waals surface area contributed by atoms with Crippen LogP contribution in [0, 0.1) is 0 Å². The van der Waals surface area contributed by atoms with E-state index in [9.17, 15) is 28.8 Å². The van der Waals surface area contributed by atoms with E-state index in [0.29, 0.717) is 104 Å². The molecule has 0 unspecified atom stereocenters. The zero-order valence-electron chi connectivity index (χ0n) is 69.7. The third kappa shape index (κ3) is 21.5. The van der Waals surface area contributed by atoms with Crippen LogP contribution in [0.4, 0.5) is 24.0 Å². The topological polar surface area (TPSA) is 430 Å². The van der Waals surface area contributed by atoms with Gasteiger partial charge in [-0.15, -0.1) is 0 Å². The summed E-state index contributed by atoms with van der Waals surface area (Å²) in [5, 5.41) is 67.8. The normalized spacial score (nSPS) is 13.3. The Balaban J connectivity index is 0.000000117. The lowest BCUT2D eigenvalue weighted by molar-refractivity contribution is 0.191. The first-order valence-corrected chi connectivity index (χ1v) is 41.7. The predicted molar refractivity (Wildman–Crippen MR) is 472 cm³/mol. The number of benzene rings is 5. The lowest BCUT2D eigenvalue weighted by Crippen LogP contribution is -2.42. The van der Waals surface area contributed by atoms with Crippen LogP contribution in [-0.2, 0) is 105 Å². The summed E-state index contributed by atoms with van der Waals surface area (Å²) in [6.07, 6.45) is 18.7. The van der Waals surface area contributed by atoms with Crippen molar-refractivity contribution in [1.82, 2.24) is 147 Å². The molecule has 35 nitrogen and oxygen atoms in total. The number of aryl methyl sites for hydroxylation is 1. The average molecular weight is 1700 g/mol. The lowest BCUT2D eigenvalue weighted by Gasteiger charge is -2.27. The molecule has 0 fully saturated rings. The summed E-state index contributed by atoms with van der Waals surface area (Å²) in [6.45, 7) is 7.93. The van der Waals surface area contributed by atoms with E-state index in [1.54, 1.807) is 89.5 Å². The fraction of sp³-hybridized carbons (Fsp3) is 0.228. The second-order valence-electron chi connectivity index (χ2n) is 30.5. The van der Waals surface area contributed by atoms with Gasteiger partial charge in [-0.2, -0.15) is 45.9 Å². The molecule has 5 aliphatic rings. The maximum atomic E-state index is 12.6. The molecule has 0 radical (unpaired) electrons. The van der Waals surface area contributed by atoms with Crippen LogP contribution in [-0.4, -0.2) is 183 Å². The number of aromatic amines is 5. The molecular formula is C92H93N29O6. The zero-order chi connectivity index (χ0) is 87.1. The van der Waals surface area contributed by atoms with Crippen LogP contribution in [0.2, 0.25) is 0 Å². The van der Waals surface area contributed by atoms with Crippen molar-refractivity contribution in [3.8, 4) is 56.3 Å². The van der Waals surface area contributed by atoms with Gasteiger partial charge in [0, 0.05) is 231 Å². The molecule has 5 aromatic carbocycles. The number of nitrogens with one attached hydrogen (secondary N) is 10. The van der Waals surface area contributed by atoms with E-state index in [4.69, 9.17) is 0 Å². The molecule has 10 amide bonds. The fourth-order valence-electron chi connectivity index (χ4n) is 15.4. The molecule has 35 heteroatoms. The van der Waals surface area contributed by atoms with Gasteiger partial charge in [0.05, 0.1) is 86.2 Å². The quantitative estimate of drug-likeness (QED) is 0.0456. The number of H-pyrrole nitrogens is 5. The molecule has 15 aromatic rings. The zero-order valence-corrected chi connectivity index (χ0v) is 69.7. The maximum Gasteiger partial charge on any atom is 0.318 e. The van der Waals surface area contributed by atoms with Crippen molar-refractivity contribution in [2.24, 2.45) is 7.05 Å². The maximum absolute atomic E-state index is 12.6. The minimum atomic E-state index is -0.116. The molecular weight excluding hydrogens is 1610 g/mol. The second-order valence-corrected chi connectivity index (χ2v) is 30.5. The summed E-state index contributed by atoms with van der Waals surface area (Å²) >= 11 is 0. The fourth-order valence-corrected chi connectivity index (χ4v) is 15.4. The van der Waals surface area contributed by atoms with Gasteiger partial charge >= 0.3 is 30.2 Å².